The van der Waals surface area contributed by atoms with E-state index in [-0.39, 0.29) is 0 Å². The van der Waals surface area contributed by atoms with Crippen LogP contribution in [0.5, 0.6) is 0 Å². The second kappa shape index (κ2) is 4.92. The average Bonchev–Trinajstić information content (AvgIpc) is 2.62. The smallest absolute Gasteiger partial charge is 0.147 e. The third-order valence-electron chi connectivity index (χ3n) is 2.11. The molecule has 0 saturated carbocycles. The molecule has 0 saturated heterocycles. The topological polar surface area (TPSA) is 50.9 Å². The van der Waals surface area contributed by atoms with Gasteiger partial charge in [0.05, 0.1) is 4.70 Å². The fraction of sp³-hybridized carbons (Fsp3) is 0.300. The Morgan fingerprint density at radius 2 is 2.33 bits per heavy atom. The van der Waals surface area contributed by atoms with E-state index in [1.165, 1.54) is 21.6 Å². The summed E-state index contributed by atoms with van der Waals surface area (Å²) >= 11 is 4.98. The van der Waals surface area contributed by atoms with E-state index in [1.54, 1.807) is 0 Å². The number of fused-ring (bicyclic) bond motifs is 1. The van der Waals surface area contributed by atoms with Crippen LogP contribution in [0.15, 0.2) is 22.7 Å². The molecule has 1 heterocycles. The van der Waals surface area contributed by atoms with Crippen LogP contribution in [-0.2, 0) is 0 Å². The summed E-state index contributed by atoms with van der Waals surface area (Å²) in [5, 5.41) is 4.47. The molecule has 0 unspecified atom stereocenters. The molecule has 2 rings (SSSR count). The van der Waals surface area contributed by atoms with Crippen LogP contribution >= 0.6 is 27.5 Å². The monoisotopic (exact) mass is 285 g/mol. The molecule has 3 nitrogen and oxygen atoms in total. The molecule has 2 aromatic rings. The van der Waals surface area contributed by atoms with Crippen molar-refractivity contribution in [1.82, 2.24) is 4.37 Å². The molecule has 0 bridgehead atoms. The molecule has 3 N–H and O–H groups in total. The molecule has 0 aliphatic carbocycles. The number of rotatable bonds is 4. The van der Waals surface area contributed by atoms with Crippen LogP contribution in [-0.4, -0.2) is 17.5 Å². The van der Waals surface area contributed by atoms with Gasteiger partial charge < -0.3 is 11.1 Å². The van der Waals surface area contributed by atoms with Gasteiger partial charge in [-0.15, -0.1) is 0 Å². The van der Waals surface area contributed by atoms with Gasteiger partial charge in [-0.05, 0) is 42.7 Å². The second-order valence-corrected chi connectivity index (χ2v) is 4.96. The van der Waals surface area contributed by atoms with Crippen molar-refractivity contribution < 1.29 is 0 Å². The lowest BCUT2D eigenvalue weighted by Crippen LogP contribution is -2.08. The number of hydrogen-bond donors (Lipinski definition) is 2. The number of halogens is 1. The fourth-order valence-corrected chi connectivity index (χ4v) is 2.44. The second-order valence-electron chi connectivity index (χ2n) is 3.24. The fourth-order valence-electron chi connectivity index (χ4n) is 1.35. The highest BCUT2D eigenvalue weighted by Gasteiger charge is 2.05. The summed E-state index contributed by atoms with van der Waals surface area (Å²) in [6.45, 7) is 1.58. The molecule has 1 aromatic carbocycles. The molecule has 1 aromatic heterocycles. The molecule has 15 heavy (non-hydrogen) atoms. The Bertz CT molecular complexity index is 455. The van der Waals surface area contributed by atoms with Crippen LogP contribution in [0.25, 0.3) is 10.1 Å². The van der Waals surface area contributed by atoms with Crippen molar-refractivity contribution >= 4 is 43.4 Å². The first-order valence-corrected chi connectivity index (χ1v) is 6.37. The molecule has 0 amide bonds. The van der Waals surface area contributed by atoms with E-state index in [9.17, 15) is 0 Å². The quantitative estimate of drug-likeness (QED) is 0.850. The van der Waals surface area contributed by atoms with E-state index in [0.29, 0.717) is 6.54 Å². The summed E-state index contributed by atoms with van der Waals surface area (Å²) in [4.78, 5) is 0. The molecule has 0 fully saturated rings. The average molecular weight is 286 g/mol. The van der Waals surface area contributed by atoms with E-state index in [1.807, 2.05) is 6.07 Å². The summed E-state index contributed by atoms with van der Waals surface area (Å²) in [5.74, 6) is 0.963. The number of benzene rings is 1. The van der Waals surface area contributed by atoms with E-state index in [0.717, 1.165) is 23.3 Å². The normalized spacial score (nSPS) is 10.8. The largest absolute Gasteiger partial charge is 0.369 e. The molecule has 0 radical (unpaired) electrons. The van der Waals surface area contributed by atoms with Gasteiger partial charge in [0.25, 0.3) is 0 Å². The first kappa shape index (κ1) is 10.9. The van der Waals surface area contributed by atoms with E-state index in [4.69, 9.17) is 5.73 Å². The number of nitrogens with one attached hydrogen (secondary N) is 1. The zero-order chi connectivity index (χ0) is 10.7. The van der Waals surface area contributed by atoms with Crippen LogP contribution in [0.1, 0.15) is 6.42 Å². The lowest BCUT2D eigenvalue weighted by molar-refractivity contribution is 0.873. The SMILES string of the molecule is NCCCNc1nsc2ccc(Br)cc12. The summed E-state index contributed by atoms with van der Waals surface area (Å²) < 4.78 is 6.66. The molecule has 0 aliphatic heterocycles. The minimum atomic E-state index is 0.707. The summed E-state index contributed by atoms with van der Waals surface area (Å²) in [5.41, 5.74) is 5.44. The third kappa shape index (κ3) is 2.48. The van der Waals surface area contributed by atoms with Crippen LogP contribution < -0.4 is 11.1 Å². The van der Waals surface area contributed by atoms with Gasteiger partial charge in [0, 0.05) is 16.4 Å². The number of anilines is 1. The highest BCUT2D eigenvalue weighted by Crippen LogP contribution is 2.29. The van der Waals surface area contributed by atoms with Crippen molar-refractivity contribution in [2.45, 2.75) is 6.42 Å². The first-order chi connectivity index (χ1) is 7.31. The van der Waals surface area contributed by atoms with Gasteiger partial charge in [-0.3, -0.25) is 0 Å². The molecule has 5 heteroatoms. The zero-order valence-electron chi connectivity index (χ0n) is 8.16. The first-order valence-electron chi connectivity index (χ1n) is 4.80. The van der Waals surface area contributed by atoms with Crippen molar-refractivity contribution in [3.05, 3.63) is 22.7 Å². The lowest BCUT2D eigenvalue weighted by Gasteiger charge is -2.01. The molecule has 0 spiro atoms. The number of hydrogen-bond acceptors (Lipinski definition) is 4. The minimum absolute atomic E-state index is 0.707. The molecular weight excluding hydrogens is 274 g/mol. The predicted octanol–water partition coefficient (Wildman–Crippen LogP) is 2.82. The number of aromatic nitrogens is 1. The van der Waals surface area contributed by atoms with E-state index >= 15 is 0 Å². The van der Waals surface area contributed by atoms with E-state index < -0.39 is 0 Å². The maximum atomic E-state index is 5.44. The summed E-state index contributed by atoms with van der Waals surface area (Å²) in [6.07, 6.45) is 0.965. The summed E-state index contributed by atoms with van der Waals surface area (Å²) in [7, 11) is 0. The Labute approximate surface area is 101 Å². The standard InChI is InChI=1S/C10H12BrN3S/c11-7-2-3-9-8(6-7)10(14-15-9)13-5-1-4-12/h2-3,6H,1,4-5,12H2,(H,13,14). The van der Waals surface area contributed by atoms with Crippen LogP contribution in [0, 0.1) is 0 Å². The van der Waals surface area contributed by atoms with Crippen LogP contribution in [0.3, 0.4) is 0 Å². The van der Waals surface area contributed by atoms with Crippen LogP contribution in [0.4, 0.5) is 5.82 Å². The highest BCUT2D eigenvalue weighted by atomic mass is 79.9. The Morgan fingerprint density at radius 1 is 1.47 bits per heavy atom. The Balaban J connectivity index is 2.23. The minimum Gasteiger partial charge on any atom is -0.369 e. The van der Waals surface area contributed by atoms with Gasteiger partial charge in [-0.2, -0.15) is 4.37 Å². The van der Waals surface area contributed by atoms with E-state index in [2.05, 4.69) is 37.8 Å². The van der Waals surface area contributed by atoms with Gasteiger partial charge in [-0.25, -0.2) is 0 Å². The summed E-state index contributed by atoms with van der Waals surface area (Å²) in [6, 6.07) is 6.19. The van der Waals surface area contributed by atoms with Crippen molar-refractivity contribution in [1.29, 1.82) is 0 Å². The van der Waals surface area contributed by atoms with Gasteiger partial charge >= 0.3 is 0 Å². The van der Waals surface area contributed by atoms with Crippen molar-refractivity contribution in [3.8, 4) is 0 Å². The van der Waals surface area contributed by atoms with Crippen molar-refractivity contribution in [2.75, 3.05) is 18.4 Å². The molecule has 0 atom stereocenters. The highest BCUT2D eigenvalue weighted by molar-refractivity contribution is 9.10. The Kier molecular flexibility index (Phi) is 3.56. The maximum Gasteiger partial charge on any atom is 0.147 e. The molecular formula is C10H12BrN3S. The maximum absolute atomic E-state index is 5.44. The third-order valence-corrected chi connectivity index (χ3v) is 3.43. The number of nitrogens with zero attached hydrogens (tertiary/aromatic N) is 1. The Morgan fingerprint density at radius 3 is 3.13 bits per heavy atom. The predicted molar refractivity (Wildman–Crippen MR) is 69.5 cm³/mol. The lowest BCUT2D eigenvalue weighted by atomic mass is 10.2. The van der Waals surface area contributed by atoms with Crippen molar-refractivity contribution in [2.24, 2.45) is 5.73 Å². The number of nitrogens with two attached hydrogens (primary N) is 1. The van der Waals surface area contributed by atoms with Crippen LogP contribution in [0.2, 0.25) is 0 Å². The Hall–Kier alpha value is -0.650. The molecule has 80 valence electrons. The molecule has 0 aliphatic rings. The van der Waals surface area contributed by atoms with Gasteiger partial charge in [0.2, 0.25) is 0 Å². The van der Waals surface area contributed by atoms with Crippen molar-refractivity contribution in [3.63, 3.8) is 0 Å². The van der Waals surface area contributed by atoms with Gasteiger partial charge in [0.15, 0.2) is 0 Å². The van der Waals surface area contributed by atoms with Gasteiger partial charge in [0.1, 0.15) is 5.82 Å². The van der Waals surface area contributed by atoms with Gasteiger partial charge in [-0.1, -0.05) is 15.9 Å². The zero-order valence-corrected chi connectivity index (χ0v) is 10.6.